The largest absolute Gasteiger partial charge is 0.398 e. The number of anilines is 1. The summed E-state index contributed by atoms with van der Waals surface area (Å²) in [7, 11) is 0. The summed E-state index contributed by atoms with van der Waals surface area (Å²) in [5, 5.41) is 0. The van der Waals surface area contributed by atoms with E-state index in [1.54, 1.807) is 13.0 Å². The van der Waals surface area contributed by atoms with Gasteiger partial charge in [-0.05, 0) is 30.2 Å². The maximum absolute atomic E-state index is 14.4. The molecule has 1 aliphatic rings. The summed E-state index contributed by atoms with van der Waals surface area (Å²) >= 11 is 0.714. The van der Waals surface area contributed by atoms with Gasteiger partial charge in [0.15, 0.2) is 0 Å². The molecular weight excluding hydrogens is 376 g/mol. The molecule has 2 aromatic carbocycles. The number of piperazine rings is 1. The maximum atomic E-state index is 14.4. The Labute approximate surface area is 161 Å². The van der Waals surface area contributed by atoms with Gasteiger partial charge in [0.2, 0.25) is 0 Å². The van der Waals surface area contributed by atoms with Crippen molar-refractivity contribution >= 4 is 17.4 Å². The Morgan fingerprint density at radius 3 is 2.30 bits per heavy atom. The van der Waals surface area contributed by atoms with E-state index in [9.17, 15) is 17.6 Å². The maximum Gasteiger partial charge on any atom is 0.398 e. The van der Waals surface area contributed by atoms with E-state index in [-0.39, 0.29) is 5.82 Å². The summed E-state index contributed by atoms with van der Waals surface area (Å²) < 4.78 is 52.0. The van der Waals surface area contributed by atoms with Crippen molar-refractivity contribution in [2.75, 3.05) is 36.8 Å². The first kappa shape index (κ1) is 20.0. The smallest absolute Gasteiger partial charge is 0.367 e. The second-order valence-corrected chi connectivity index (χ2v) is 7.74. The summed E-state index contributed by atoms with van der Waals surface area (Å²) in [6.07, 6.45) is -4.24. The zero-order valence-electron chi connectivity index (χ0n) is 15.1. The fourth-order valence-electron chi connectivity index (χ4n) is 3.19. The van der Waals surface area contributed by atoms with Gasteiger partial charge in [0, 0.05) is 37.6 Å². The number of rotatable bonds is 5. The van der Waals surface area contributed by atoms with Gasteiger partial charge < -0.3 is 4.90 Å². The molecular formula is C20H22F4N2S. The van der Waals surface area contributed by atoms with Crippen LogP contribution in [0.3, 0.4) is 0 Å². The summed E-state index contributed by atoms with van der Waals surface area (Å²) in [5.41, 5.74) is 2.16. The molecule has 0 radical (unpaired) electrons. The molecule has 2 aromatic rings. The lowest BCUT2D eigenvalue weighted by molar-refractivity contribution is -0.105. The fourth-order valence-corrected chi connectivity index (χ4v) is 3.99. The average Bonchev–Trinajstić information content (AvgIpc) is 2.62. The molecule has 1 heterocycles. The van der Waals surface area contributed by atoms with Crippen molar-refractivity contribution in [3.63, 3.8) is 0 Å². The van der Waals surface area contributed by atoms with Gasteiger partial charge in [-0.3, -0.25) is 4.90 Å². The molecule has 0 amide bonds. The minimum absolute atomic E-state index is 0.375. The van der Waals surface area contributed by atoms with E-state index in [0.29, 0.717) is 41.0 Å². The number of alkyl halides is 3. The molecule has 2 nitrogen and oxygen atoms in total. The molecule has 0 atom stereocenters. The number of aryl methyl sites for hydroxylation is 1. The molecule has 0 spiro atoms. The number of hydrogen-bond acceptors (Lipinski definition) is 3. The van der Waals surface area contributed by atoms with Crippen molar-refractivity contribution in [3.8, 4) is 0 Å². The van der Waals surface area contributed by atoms with Gasteiger partial charge >= 0.3 is 6.18 Å². The molecule has 0 N–H and O–H groups in total. The average molecular weight is 398 g/mol. The van der Waals surface area contributed by atoms with Crippen molar-refractivity contribution in [1.29, 1.82) is 0 Å². The van der Waals surface area contributed by atoms with Gasteiger partial charge in [0.1, 0.15) is 5.82 Å². The van der Waals surface area contributed by atoms with Crippen LogP contribution in [0.5, 0.6) is 0 Å². The molecule has 1 aliphatic heterocycles. The van der Waals surface area contributed by atoms with Crippen LogP contribution in [-0.4, -0.2) is 43.0 Å². The van der Waals surface area contributed by atoms with E-state index in [4.69, 9.17) is 0 Å². The Hall–Kier alpha value is -1.73. The van der Waals surface area contributed by atoms with Crippen molar-refractivity contribution in [2.45, 2.75) is 24.5 Å². The molecule has 27 heavy (non-hydrogen) atoms. The van der Waals surface area contributed by atoms with E-state index >= 15 is 0 Å². The SMILES string of the molecule is Cc1cc(F)c(N2CCN(Cc3ccccc3)CC2)cc1SCC(F)(F)F. The number of benzene rings is 2. The second-order valence-electron chi connectivity index (χ2n) is 6.72. The topological polar surface area (TPSA) is 6.48 Å². The zero-order valence-corrected chi connectivity index (χ0v) is 15.9. The van der Waals surface area contributed by atoms with Crippen LogP contribution in [-0.2, 0) is 6.54 Å². The monoisotopic (exact) mass is 398 g/mol. The summed E-state index contributed by atoms with van der Waals surface area (Å²) in [5.74, 6) is -1.34. The molecule has 0 unspecified atom stereocenters. The first-order valence-corrected chi connectivity index (χ1v) is 9.81. The second kappa shape index (κ2) is 8.52. The Morgan fingerprint density at radius 1 is 1.00 bits per heavy atom. The third-order valence-corrected chi connectivity index (χ3v) is 5.82. The van der Waals surface area contributed by atoms with E-state index in [0.717, 1.165) is 19.6 Å². The van der Waals surface area contributed by atoms with Crippen LogP contribution in [0, 0.1) is 12.7 Å². The molecule has 3 rings (SSSR count). The first-order chi connectivity index (χ1) is 12.8. The standard InChI is InChI=1S/C20H22F4N2S/c1-15-11-17(21)18(12-19(15)27-14-20(22,23)24)26-9-7-25(8-10-26)13-16-5-3-2-4-6-16/h2-6,11-12H,7-10,13-14H2,1H3. The highest BCUT2D eigenvalue weighted by atomic mass is 32.2. The van der Waals surface area contributed by atoms with Gasteiger partial charge in [-0.1, -0.05) is 30.3 Å². The lowest BCUT2D eigenvalue weighted by atomic mass is 10.1. The van der Waals surface area contributed by atoms with E-state index in [1.807, 2.05) is 23.1 Å². The van der Waals surface area contributed by atoms with Crippen LogP contribution in [0.1, 0.15) is 11.1 Å². The van der Waals surface area contributed by atoms with Gasteiger partial charge in [-0.2, -0.15) is 13.2 Å². The molecule has 0 bridgehead atoms. The van der Waals surface area contributed by atoms with E-state index < -0.39 is 11.9 Å². The highest BCUT2D eigenvalue weighted by molar-refractivity contribution is 7.99. The minimum Gasteiger partial charge on any atom is -0.367 e. The number of thioether (sulfide) groups is 1. The van der Waals surface area contributed by atoms with Gasteiger partial charge in [0.05, 0.1) is 11.4 Å². The van der Waals surface area contributed by atoms with Crippen LogP contribution in [0.2, 0.25) is 0 Å². The van der Waals surface area contributed by atoms with Gasteiger partial charge in [0.25, 0.3) is 0 Å². The summed E-state index contributed by atoms with van der Waals surface area (Å²) in [4.78, 5) is 4.71. The molecule has 146 valence electrons. The summed E-state index contributed by atoms with van der Waals surface area (Å²) in [6.45, 7) is 5.36. The molecule has 0 aromatic heterocycles. The van der Waals surface area contributed by atoms with Gasteiger partial charge in [-0.25, -0.2) is 4.39 Å². The third kappa shape index (κ3) is 5.62. The molecule has 0 saturated carbocycles. The van der Waals surface area contributed by atoms with Crippen molar-refractivity contribution in [2.24, 2.45) is 0 Å². The van der Waals surface area contributed by atoms with Crippen LogP contribution in [0.25, 0.3) is 0 Å². The Morgan fingerprint density at radius 2 is 1.67 bits per heavy atom. The van der Waals surface area contributed by atoms with Crippen LogP contribution < -0.4 is 4.90 Å². The lowest BCUT2D eigenvalue weighted by Crippen LogP contribution is -2.46. The number of hydrogen-bond donors (Lipinski definition) is 0. The number of halogens is 4. The van der Waals surface area contributed by atoms with Crippen LogP contribution in [0.15, 0.2) is 47.4 Å². The Balaban J connectivity index is 1.64. The molecule has 1 fully saturated rings. The van der Waals surface area contributed by atoms with Crippen molar-refractivity contribution < 1.29 is 17.6 Å². The predicted molar refractivity (Wildman–Crippen MR) is 102 cm³/mol. The molecule has 0 aliphatic carbocycles. The molecule has 1 saturated heterocycles. The summed E-state index contributed by atoms with van der Waals surface area (Å²) in [6, 6.07) is 13.1. The highest BCUT2D eigenvalue weighted by Gasteiger charge is 2.28. The van der Waals surface area contributed by atoms with Crippen molar-refractivity contribution in [3.05, 3.63) is 59.4 Å². The first-order valence-electron chi connectivity index (χ1n) is 8.83. The Bertz CT molecular complexity index is 757. The zero-order chi connectivity index (χ0) is 19.4. The molecule has 7 heteroatoms. The van der Waals surface area contributed by atoms with Crippen LogP contribution >= 0.6 is 11.8 Å². The van der Waals surface area contributed by atoms with E-state index in [2.05, 4.69) is 17.0 Å². The third-order valence-electron chi connectivity index (χ3n) is 4.60. The van der Waals surface area contributed by atoms with Crippen molar-refractivity contribution in [1.82, 2.24) is 4.90 Å². The predicted octanol–water partition coefficient (Wildman–Crippen LogP) is 5.11. The van der Waals surface area contributed by atoms with Gasteiger partial charge in [-0.15, -0.1) is 11.8 Å². The minimum atomic E-state index is -4.24. The highest BCUT2D eigenvalue weighted by Crippen LogP contribution is 2.34. The lowest BCUT2D eigenvalue weighted by Gasteiger charge is -2.36. The van der Waals surface area contributed by atoms with Crippen LogP contribution in [0.4, 0.5) is 23.2 Å². The Kier molecular flexibility index (Phi) is 6.32. The normalized spacial score (nSPS) is 16.0. The quantitative estimate of drug-likeness (QED) is 0.510. The van der Waals surface area contributed by atoms with E-state index in [1.165, 1.54) is 11.6 Å². The number of nitrogens with zero attached hydrogens (tertiary/aromatic N) is 2. The fraction of sp³-hybridized carbons (Fsp3) is 0.400.